The van der Waals surface area contributed by atoms with Crippen molar-refractivity contribution in [3.8, 4) is 11.5 Å². The summed E-state index contributed by atoms with van der Waals surface area (Å²) in [5, 5.41) is 9.35. The molecule has 2 aromatic rings. The van der Waals surface area contributed by atoms with Crippen molar-refractivity contribution in [1.82, 2.24) is 0 Å². The molecule has 2 aromatic carbocycles. The number of ether oxygens (including phenoxy) is 2. The Labute approximate surface area is 131 Å². The Hall–Kier alpha value is -2.00. The highest BCUT2D eigenvalue weighted by atomic mass is 16.5. The van der Waals surface area contributed by atoms with Crippen molar-refractivity contribution in [1.29, 1.82) is 0 Å². The first-order chi connectivity index (χ1) is 10.7. The summed E-state index contributed by atoms with van der Waals surface area (Å²) in [7, 11) is 1.68. The summed E-state index contributed by atoms with van der Waals surface area (Å²) in [4.78, 5) is 0. The SMILES string of the molecule is COc1ccc([C@H]2CCC[C@@H](Cc3ccc(O)cc3)O2)cc1. The van der Waals surface area contributed by atoms with Crippen molar-refractivity contribution in [2.45, 2.75) is 37.9 Å². The van der Waals surface area contributed by atoms with Crippen molar-refractivity contribution in [3.63, 3.8) is 0 Å². The van der Waals surface area contributed by atoms with E-state index >= 15 is 0 Å². The molecule has 0 radical (unpaired) electrons. The quantitative estimate of drug-likeness (QED) is 0.917. The fraction of sp³-hybridized carbons (Fsp3) is 0.368. The molecule has 1 N–H and O–H groups in total. The molecule has 1 aliphatic rings. The van der Waals surface area contributed by atoms with Crippen LogP contribution in [-0.4, -0.2) is 18.3 Å². The number of hydrogen-bond donors (Lipinski definition) is 1. The van der Waals surface area contributed by atoms with Gasteiger partial charge in [0.05, 0.1) is 19.3 Å². The van der Waals surface area contributed by atoms with Crippen molar-refractivity contribution in [2.24, 2.45) is 0 Å². The highest BCUT2D eigenvalue weighted by Gasteiger charge is 2.23. The van der Waals surface area contributed by atoms with Gasteiger partial charge in [-0.3, -0.25) is 0 Å². The van der Waals surface area contributed by atoms with Crippen LogP contribution in [0.4, 0.5) is 0 Å². The van der Waals surface area contributed by atoms with Crippen LogP contribution >= 0.6 is 0 Å². The lowest BCUT2D eigenvalue weighted by Crippen LogP contribution is -2.24. The van der Waals surface area contributed by atoms with Gasteiger partial charge in [-0.2, -0.15) is 0 Å². The molecule has 22 heavy (non-hydrogen) atoms. The van der Waals surface area contributed by atoms with Gasteiger partial charge in [-0.25, -0.2) is 0 Å². The molecule has 1 aliphatic heterocycles. The number of hydrogen-bond acceptors (Lipinski definition) is 3. The predicted octanol–water partition coefficient (Wildman–Crippen LogP) is 4.25. The number of rotatable bonds is 4. The first kappa shape index (κ1) is 14.9. The van der Waals surface area contributed by atoms with Crippen LogP contribution in [0.25, 0.3) is 0 Å². The van der Waals surface area contributed by atoms with Gasteiger partial charge in [-0.15, -0.1) is 0 Å². The van der Waals surface area contributed by atoms with E-state index < -0.39 is 0 Å². The first-order valence-electron chi connectivity index (χ1n) is 7.82. The second-order valence-electron chi connectivity index (χ2n) is 5.82. The second kappa shape index (κ2) is 6.84. The van der Waals surface area contributed by atoms with E-state index in [1.54, 1.807) is 19.2 Å². The molecule has 0 bridgehead atoms. The van der Waals surface area contributed by atoms with Crippen LogP contribution in [0.15, 0.2) is 48.5 Å². The molecule has 0 unspecified atom stereocenters. The van der Waals surface area contributed by atoms with E-state index in [0.29, 0.717) is 5.75 Å². The lowest BCUT2D eigenvalue weighted by atomic mass is 9.95. The molecule has 0 amide bonds. The summed E-state index contributed by atoms with van der Waals surface area (Å²) in [6, 6.07) is 15.6. The van der Waals surface area contributed by atoms with Crippen LogP contribution in [0.3, 0.4) is 0 Å². The predicted molar refractivity (Wildman–Crippen MR) is 86.3 cm³/mol. The molecule has 0 saturated carbocycles. The zero-order valence-corrected chi connectivity index (χ0v) is 12.9. The highest BCUT2D eigenvalue weighted by molar-refractivity contribution is 5.29. The van der Waals surface area contributed by atoms with E-state index in [1.165, 1.54) is 17.5 Å². The molecule has 3 heteroatoms. The Morgan fingerprint density at radius 3 is 2.45 bits per heavy atom. The van der Waals surface area contributed by atoms with E-state index in [2.05, 4.69) is 12.1 Å². The average molecular weight is 298 g/mol. The van der Waals surface area contributed by atoms with Crippen molar-refractivity contribution in [3.05, 3.63) is 59.7 Å². The summed E-state index contributed by atoms with van der Waals surface area (Å²) in [6.45, 7) is 0. The maximum absolute atomic E-state index is 9.35. The fourth-order valence-corrected chi connectivity index (χ4v) is 3.01. The monoisotopic (exact) mass is 298 g/mol. The third-order valence-corrected chi connectivity index (χ3v) is 4.24. The van der Waals surface area contributed by atoms with Gasteiger partial charge >= 0.3 is 0 Å². The molecule has 2 atom stereocenters. The van der Waals surface area contributed by atoms with E-state index in [-0.39, 0.29) is 12.2 Å². The van der Waals surface area contributed by atoms with Gasteiger partial charge < -0.3 is 14.6 Å². The Bertz CT molecular complexity index is 589. The van der Waals surface area contributed by atoms with Gasteiger partial charge in [0.2, 0.25) is 0 Å². The second-order valence-corrected chi connectivity index (χ2v) is 5.82. The third-order valence-electron chi connectivity index (χ3n) is 4.24. The standard InChI is InChI=1S/C19H22O3/c1-21-17-11-7-15(8-12-17)19-4-2-3-18(22-19)13-14-5-9-16(20)10-6-14/h5-12,18-20H,2-4,13H2,1H3/t18-,19+/m0/s1. The van der Waals surface area contributed by atoms with Crippen molar-refractivity contribution in [2.75, 3.05) is 7.11 Å². The van der Waals surface area contributed by atoms with Gasteiger partial charge in [0.15, 0.2) is 0 Å². The van der Waals surface area contributed by atoms with E-state index in [9.17, 15) is 5.11 Å². The molecule has 0 spiro atoms. The lowest BCUT2D eigenvalue weighted by molar-refractivity contribution is -0.0506. The Balaban J connectivity index is 1.64. The number of phenols is 1. The first-order valence-corrected chi connectivity index (χ1v) is 7.82. The maximum atomic E-state index is 9.35. The molecule has 1 heterocycles. The minimum absolute atomic E-state index is 0.168. The van der Waals surface area contributed by atoms with Crippen LogP contribution in [-0.2, 0) is 11.2 Å². The molecule has 116 valence electrons. The van der Waals surface area contributed by atoms with Crippen LogP contribution < -0.4 is 4.74 Å². The Kier molecular flexibility index (Phi) is 4.64. The summed E-state index contributed by atoms with van der Waals surface area (Å²) >= 11 is 0. The molecule has 0 aromatic heterocycles. The normalized spacial score (nSPS) is 21.5. The van der Waals surface area contributed by atoms with Crippen molar-refractivity contribution >= 4 is 0 Å². The van der Waals surface area contributed by atoms with E-state index in [1.807, 2.05) is 24.3 Å². The largest absolute Gasteiger partial charge is 0.508 e. The number of aromatic hydroxyl groups is 1. The summed E-state index contributed by atoms with van der Waals surface area (Å²) < 4.78 is 11.5. The van der Waals surface area contributed by atoms with Gasteiger partial charge in [-0.05, 0) is 61.1 Å². The van der Waals surface area contributed by atoms with Crippen molar-refractivity contribution < 1.29 is 14.6 Å². The van der Waals surface area contributed by atoms with Gasteiger partial charge in [0.25, 0.3) is 0 Å². The zero-order chi connectivity index (χ0) is 15.4. The maximum Gasteiger partial charge on any atom is 0.118 e. The van der Waals surface area contributed by atoms with Crippen LogP contribution in [0.1, 0.15) is 36.5 Å². The molecule has 1 saturated heterocycles. The number of phenolic OH excluding ortho intramolecular Hbond substituents is 1. The molecule has 1 fully saturated rings. The van der Waals surface area contributed by atoms with Crippen LogP contribution in [0.5, 0.6) is 11.5 Å². The van der Waals surface area contributed by atoms with E-state index in [4.69, 9.17) is 9.47 Å². The minimum Gasteiger partial charge on any atom is -0.508 e. The van der Waals surface area contributed by atoms with Gasteiger partial charge in [0.1, 0.15) is 11.5 Å². The Morgan fingerprint density at radius 1 is 1.05 bits per heavy atom. The fourth-order valence-electron chi connectivity index (χ4n) is 3.01. The molecule has 3 nitrogen and oxygen atoms in total. The molecule has 3 rings (SSSR count). The van der Waals surface area contributed by atoms with Gasteiger partial charge in [-0.1, -0.05) is 24.3 Å². The third kappa shape index (κ3) is 3.60. The van der Waals surface area contributed by atoms with E-state index in [0.717, 1.165) is 25.0 Å². The topological polar surface area (TPSA) is 38.7 Å². The summed E-state index contributed by atoms with van der Waals surface area (Å²) in [5.41, 5.74) is 2.43. The molecule has 0 aliphatic carbocycles. The van der Waals surface area contributed by atoms with Crippen LogP contribution in [0, 0.1) is 0 Å². The highest BCUT2D eigenvalue weighted by Crippen LogP contribution is 2.33. The molecular formula is C19H22O3. The summed E-state index contributed by atoms with van der Waals surface area (Å²) in [5.74, 6) is 1.18. The minimum atomic E-state index is 0.168. The number of benzene rings is 2. The molecular weight excluding hydrogens is 276 g/mol. The zero-order valence-electron chi connectivity index (χ0n) is 12.9. The van der Waals surface area contributed by atoms with Gasteiger partial charge in [0, 0.05) is 0 Å². The average Bonchev–Trinajstić information content (AvgIpc) is 2.57. The Morgan fingerprint density at radius 2 is 1.77 bits per heavy atom. The lowest BCUT2D eigenvalue weighted by Gasteiger charge is -2.30. The summed E-state index contributed by atoms with van der Waals surface area (Å²) in [6.07, 6.45) is 4.64. The van der Waals surface area contributed by atoms with Crippen LogP contribution in [0.2, 0.25) is 0 Å². The number of methoxy groups -OCH3 is 1. The smallest absolute Gasteiger partial charge is 0.118 e.